The predicted octanol–water partition coefficient (Wildman–Crippen LogP) is 3.57. The minimum Gasteiger partial charge on any atom is -0.312 e. The molecule has 1 aromatic carbocycles. The third kappa shape index (κ3) is 7.03. The Balaban J connectivity index is 2.31. The molecule has 1 N–H and O–H groups in total. The molecule has 0 aliphatic rings. The highest BCUT2D eigenvalue weighted by molar-refractivity contribution is 8.00. The summed E-state index contributed by atoms with van der Waals surface area (Å²) in [5.41, 5.74) is -3.01. The highest BCUT2D eigenvalue weighted by Crippen LogP contribution is 2.29. The van der Waals surface area contributed by atoms with Crippen LogP contribution in [0.1, 0.15) is 5.56 Å². The summed E-state index contributed by atoms with van der Waals surface area (Å²) in [7, 11) is -1.27. The molecule has 0 aromatic heterocycles. The molecule has 0 spiro atoms. The Hall–Kier alpha value is -0.463. The highest BCUT2D eigenvalue weighted by atomic mass is 32.2. The second-order valence-electron chi connectivity index (χ2n) is 5.42. The SMILES string of the molecule is C[Si](C)(C)c1ccc(CNCCSC(F)(F)F)cc1. The van der Waals surface area contributed by atoms with Gasteiger partial charge in [-0.15, -0.1) is 0 Å². The minimum atomic E-state index is -4.12. The number of thioether (sulfide) groups is 1. The van der Waals surface area contributed by atoms with Crippen LogP contribution in [0, 0.1) is 0 Å². The first-order chi connectivity index (χ1) is 8.68. The van der Waals surface area contributed by atoms with Crippen LogP contribution in [0.2, 0.25) is 19.6 Å². The Morgan fingerprint density at radius 3 is 2.16 bits per heavy atom. The van der Waals surface area contributed by atoms with Crippen molar-refractivity contribution in [3.8, 4) is 0 Å². The standard InChI is InChI=1S/C13H20F3NSSi/c1-19(2,3)12-6-4-11(5-7-12)10-17-8-9-18-13(14,15)16/h4-7,17H,8-10H2,1-3H3. The van der Waals surface area contributed by atoms with Crippen molar-refractivity contribution >= 4 is 25.0 Å². The molecule has 0 fully saturated rings. The van der Waals surface area contributed by atoms with Gasteiger partial charge in [0.05, 0.1) is 8.07 Å². The Bertz CT molecular complexity index is 384. The largest absolute Gasteiger partial charge is 0.441 e. The van der Waals surface area contributed by atoms with Crippen molar-refractivity contribution in [1.82, 2.24) is 5.32 Å². The Kier molecular flexibility index (Phi) is 5.95. The molecule has 108 valence electrons. The fraction of sp³-hybridized carbons (Fsp3) is 0.538. The summed E-state index contributed by atoms with van der Waals surface area (Å²) in [5.74, 6) is 0.0521. The van der Waals surface area contributed by atoms with Gasteiger partial charge in [-0.25, -0.2) is 0 Å². The molecule has 6 heteroatoms. The quantitative estimate of drug-likeness (QED) is 0.637. The van der Waals surface area contributed by atoms with E-state index in [1.807, 2.05) is 0 Å². The molecule has 0 unspecified atom stereocenters. The van der Waals surface area contributed by atoms with Crippen LogP contribution in [0.4, 0.5) is 13.2 Å². The summed E-state index contributed by atoms with van der Waals surface area (Å²) in [6.45, 7) is 7.84. The van der Waals surface area contributed by atoms with Gasteiger partial charge in [-0.2, -0.15) is 13.2 Å². The van der Waals surface area contributed by atoms with Crippen LogP contribution in [0.5, 0.6) is 0 Å². The van der Waals surface area contributed by atoms with Crippen LogP contribution in [0.25, 0.3) is 0 Å². The van der Waals surface area contributed by atoms with E-state index in [0.717, 1.165) is 5.56 Å². The van der Waals surface area contributed by atoms with Crippen LogP contribution in [-0.2, 0) is 6.54 Å². The van der Waals surface area contributed by atoms with Gasteiger partial charge in [-0.1, -0.05) is 49.1 Å². The first kappa shape index (κ1) is 16.6. The first-order valence-corrected chi connectivity index (χ1v) is 10.7. The smallest absolute Gasteiger partial charge is 0.312 e. The van der Waals surface area contributed by atoms with Crippen molar-refractivity contribution in [3.05, 3.63) is 29.8 Å². The summed E-state index contributed by atoms with van der Waals surface area (Å²) in [6.07, 6.45) is 0. The summed E-state index contributed by atoms with van der Waals surface area (Å²) >= 11 is 0.0176. The fourth-order valence-corrected chi connectivity index (χ4v) is 3.24. The van der Waals surface area contributed by atoms with E-state index in [-0.39, 0.29) is 17.5 Å². The highest BCUT2D eigenvalue weighted by Gasteiger charge is 2.27. The molecule has 1 nitrogen and oxygen atoms in total. The number of alkyl halides is 3. The topological polar surface area (TPSA) is 12.0 Å². The van der Waals surface area contributed by atoms with E-state index in [1.165, 1.54) is 5.19 Å². The van der Waals surface area contributed by atoms with Gasteiger partial charge in [0.1, 0.15) is 0 Å². The summed E-state index contributed by atoms with van der Waals surface area (Å²) in [4.78, 5) is 0. The van der Waals surface area contributed by atoms with E-state index < -0.39 is 13.6 Å². The van der Waals surface area contributed by atoms with Crippen molar-refractivity contribution < 1.29 is 13.2 Å². The predicted molar refractivity (Wildman–Crippen MR) is 79.6 cm³/mol. The number of nitrogens with one attached hydrogen (secondary N) is 1. The number of halogens is 3. The minimum absolute atomic E-state index is 0.0176. The van der Waals surface area contributed by atoms with Gasteiger partial charge in [-0.05, 0) is 17.3 Å². The van der Waals surface area contributed by atoms with Crippen LogP contribution in [-0.4, -0.2) is 25.9 Å². The van der Waals surface area contributed by atoms with Gasteiger partial charge in [0.2, 0.25) is 0 Å². The number of hydrogen-bond acceptors (Lipinski definition) is 2. The third-order valence-corrected chi connectivity index (χ3v) is 5.49. The summed E-state index contributed by atoms with van der Waals surface area (Å²) in [5, 5.41) is 4.42. The molecule has 0 bridgehead atoms. The third-order valence-electron chi connectivity index (χ3n) is 2.69. The van der Waals surface area contributed by atoms with Crippen LogP contribution < -0.4 is 10.5 Å². The van der Waals surface area contributed by atoms with Gasteiger partial charge in [0.25, 0.3) is 0 Å². The van der Waals surface area contributed by atoms with E-state index >= 15 is 0 Å². The normalized spacial score (nSPS) is 12.7. The van der Waals surface area contributed by atoms with Crippen LogP contribution in [0.15, 0.2) is 24.3 Å². The maximum Gasteiger partial charge on any atom is 0.441 e. The number of rotatable bonds is 6. The average molecular weight is 307 g/mol. The lowest BCUT2D eigenvalue weighted by molar-refractivity contribution is -0.0327. The second-order valence-corrected chi connectivity index (χ2v) is 11.7. The first-order valence-electron chi connectivity index (χ1n) is 6.19. The molecule has 0 aliphatic carbocycles. The number of hydrogen-bond donors (Lipinski definition) is 1. The molecule has 0 radical (unpaired) electrons. The monoisotopic (exact) mass is 307 g/mol. The van der Waals surface area contributed by atoms with Crippen LogP contribution in [0.3, 0.4) is 0 Å². The molecule has 1 rings (SSSR count). The maximum atomic E-state index is 11.9. The zero-order valence-corrected chi connectivity index (χ0v) is 13.3. The van der Waals surface area contributed by atoms with Crippen molar-refractivity contribution in [2.24, 2.45) is 0 Å². The van der Waals surface area contributed by atoms with Crippen molar-refractivity contribution in [2.75, 3.05) is 12.3 Å². The van der Waals surface area contributed by atoms with Gasteiger partial charge >= 0.3 is 5.51 Å². The lowest BCUT2D eigenvalue weighted by atomic mass is 10.2. The average Bonchev–Trinajstić information content (AvgIpc) is 2.26. The molecule has 0 heterocycles. The molecular formula is C13H20F3NSSi. The van der Waals surface area contributed by atoms with Gasteiger partial charge in [0.15, 0.2) is 0 Å². The van der Waals surface area contributed by atoms with Crippen LogP contribution >= 0.6 is 11.8 Å². The van der Waals surface area contributed by atoms with Gasteiger partial charge in [0, 0.05) is 18.8 Å². The second kappa shape index (κ2) is 6.81. The summed E-state index contributed by atoms with van der Waals surface area (Å²) < 4.78 is 35.7. The molecular weight excluding hydrogens is 287 g/mol. The van der Waals surface area contributed by atoms with E-state index in [2.05, 4.69) is 49.2 Å². The number of benzene rings is 1. The molecule has 0 aliphatic heterocycles. The zero-order valence-electron chi connectivity index (χ0n) is 11.5. The Labute approximate surface area is 118 Å². The summed E-state index contributed by atoms with van der Waals surface area (Å²) in [6, 6.07) is 8.37. The van der Waals surface area contributed by atoms with E-state index in [9.17, 15) is 13.2 Å². The lowest BCUT2D eigenvalue weighted by Gasteiger charge is -2.16. The molecule has 0 saturated carbocycles. The molecule has 0 amide bonds. The molecule has 0 atom stereocenters. The van der Waals surface area contributed by atoms with Gasteiger partial charge in [-0.3, -0.25) is 0 Å². The zero-order chi connectivity index (χ0) is 14.5. The fourth-order valence-electron chi connectivity index (χ4n) is 1.59. The van der Waals surface area contributed by atoms with Gasteiger partial charge < -0.3 is 5.32 Å². The van der Waals surface area contributed by atoms with E-state index in [4.69, 9.17) is 0 Å². The molecule has 19 heavy (non-hydrogen) atoms. The van der Waals surface area contributed by atoms with E-state index in [0.29, 0.717) is 13.1 Å². The van der Waals surface area contributed by atoms with Crippen molar-refractivity contribution in [3.63, 3.8) is 0 Å². The van der Waals surface area contributed by atoms with Crippen molar-refractivity contribution in [2.45, 2.75) is 31.7 Å². The van der Waals surface area contributed by atoms with E-state index in [1.54, 1.807) is 0 Å². The Morgan fingerprint density at radius 1 is 1.11 bits per heavy atom. The molecule has 0 saturated heterocycles. The van der Waals surface area contributed by atoms with Crippen molar-refractivity contribution in [1.29, 1.82) is 0 Å². The maximum absolute atomic E-state index is 11.9. The Morgan fingerprint density at radius 2 is 1.68 bits per heavy atom. The molecule has 1 aromatic rings. The lowest BCUT2D eigenvalue weighted by Crippen LogP contribution is -2.37.